The Morgan fingerprint density at radius 2 is 1.78 bits per heavy atom. The van der Waals surface area contributed by atoms with Gasteiger partial charge in [-0.3, -0.25) is 9.69 Å². The minimum Gasteiger partial charge on any atom is -0.496 e. The number of hydrogen-bond acceptors (Lipinski definition) is 7. The summed E-state index contributed by atoms with van der Waals surface area (Å²) in [5.41, 5.74) is 3.54. The van der Waals surface area contributed by atoms with Crippen molar-refractivity contribution in [2.24, 2.45) is 0 Å². The average Bonchev–Trinajstić information content (AvgIpc) is 2.82. The monoisotopic (exact) mass is 451 g/mol. The maximum Gasteiger partial charge on any atom is 0.229 e. The predicted octanol–water partition coefficient (Wildman–Crippen LogP) is 4.24. The van der Waals surface area contributed by atoms with Gasteiger partial charge in [0, 0.05) is 29.7 Å². The molecule has 0 aromatic heterocycles. The molecule has 1 saturated heterocycles. The van der Waals surface area contributed by atoms with Gasteiger partial charge in [-0.05, 0) is 30.7 Å². The van der Waals surface area contributed by atoms with Gasteiger partial charge in [0.2, 0.25) is 5.91 Å². The molecule has 0 aliphatic carbocycles. The second kappa shape index (κ2) is 9.05. The molecule has 2 aromatic carbocycles. The topological polar surface area (TPSA) is 75.0 Å². The predicted molar refractivity (Wildman–Crippen MR) is 124 cm³/mol. The van der Waals surface area contributed by atoms with Crippen molar-refractivity contribution in [2.45, 2.75) is 19.3 Å². The van der Waals surface area contributed by atoms with Crippen LogP contribution in [0.25, 0.3) is 0 Å². The average molecular weight is 452 g/mol. The fourth-order valence-electron chi connectivity index (χ4n) is 4.14. The minimum absolute atomic E-state index is 0.0225. The first-order valence-corrected chi connectivity index (χ1v) is 11.2. The van der Waals surface area contributed by atoms with Crippen molar-refractivity contribution in [1.82, 2.24) is 4.90 Å². The molecule has 1 amide bonds. The Morgan fingerprint density at radius 3 is 2.44 bits per heavy atom. The van der Waals surface area contributed by atoms with Crippen LogP contribution in [-0.2, 0) is 4.79 Å². The number of ether oxygens (including phenoxy) is 3. The first kappa shape index (κ1) is 21.9. The molecule has 2 aliphatic rings. The van der Waals surface area contributed by atoms with Gasteiger partial charge in [0.15, 0.2) is 11.5 Å². The van der Waals surface area contributed by atoms with E-state index in [-0.39, 0.29) is 12.3 Å². The Labute approximate surface area is 192 Å². The van der Waals surface area contributed by atoms with Crippen LogP contribution < -0.4 is 19.1 Å². The molecule has 2 aromatic rings. The highest BCUT2D eigenvalue weighted by atomic mass is 32.2. The van der Waals surface area contributed by atoms with Gasteiger partial charge in [-0.25, -0.2) is 0 Å². The maximum atomic E-state index is 13.2. The summed E-state index contributed by atoms with van der Waals surface area (Å²) in [4.78, 5) is 17.1. The zero-order valence-electron chi connectivity index (χ0n) is 18.5. The number of allylic oxidation sites excluding steroid dienone is 1. The Kier molecular flexibility index (Phi) is 6.19. The van der Waals surface area contributed by atoms with E-state index in [2.05, 4.69) is 17.0 Å². The fourth-order valence-corrected chi connectivity index (χ4v) is 5.31. The van der Waals surface area contributed by atoms with Gasteiger partial charge in [-0.2, -0.15) is 5.26 Å². The van der Waals surface area contributed by atoms with Crippen molar-refractivity contribution in [2.75, 3.05) is 38.8 Å². The van der Waals surface area contributed by atoms with Crippen LogP contribution in [-0.4, -0.2) is 44.7 Å². The lowest BCUT2D eigenvalue weighted by atomic mass is 9.85. The molecular formula is C24H25N3O4S. The van der Waals surface area contributed by atoms with Gasteiger partial charge < -0.3 is 19.1 Å². The molecule has 166 valence electrons. The van der Waals surface area contributed by atoms with Crippen LogP contribution in [0.1, 0.15) is 23.5 Å². The normalized spacial score (nSPS) is 18.2. The lowest BCUT2D eigenvalue weighted by Gasteiger charge is -2.42. The number of benzene rings is 2. The summed E-state index contributed by atoms with van der Waals surface area (Å²) < 4.78 is 16.4. The standard InChI is InChI=1S/C24H25N3O4S/c1-15-6-5-7-16(8-15)26-13-27-23(28)10-17(19(12-25)24(27)32-14-26)18-9-21(30-3)22(31-4)11-20(18)29-2/h5-9,11,17H,10,13-14H2,1-4H3/t17-/m0/s1. The fraction of sp³-hybridized carbons (Fsp3) is 0.333. The number of hydrogen-bond donors (Lipinski definition) is 0. The van der Waals surface area contributed by atoms with Crippen LogP contribution in [0, 0.1) is 18.3 Å². The molecule has 2 heterocycles. The number of nitrogens with zero attached hydrogens (tertiary/aromatic N) is 3. The summed E-state index contributed by atoms with van der Waals surface area (Å²) in [5.74, 6) is 1.84. The van der Waals surface area contributed by atoms with Crippen LogP contribution >= 0.6 is 11.8 Å². The highest BCUT2D eigenvalue weighted by Crippen LogP contribution is 2.47. The third kappa shape index (κ3) is 3.84. The number of thioether (sulfide) groups is 1. The molecule has 0 saturated carbocycles. The van der Waals surface area contributed by atoms with E-state index in [9.17, 15) is 10.1 Å². The Hall–Kier alpha value is -3.31. The SMILES string of the molecule is COc1cc(OC)c([C@@H]2CC(=O)N3CN(c4cccc(C)c4)CSC3=C2C#N)cc1OC. The van der Waals surface area contributed by atoms with Crippen molar-refractivity contribution >= 4 is 23.4 Å². The van der Waals surface area contributed by atoms with Crippen LogP contribution in [0.5, 0.6) is 17.2 Å². The Morgan fingerprint density at radius 1 is 1.06 bits per heavy atom. The molecule has 4 rings (SSSR count). The number of amides is 1. The summed E-state index contributed by atoms with van der Waals surface area (Å²) in [7, 11) is 4.68. The number of rotatable bonds is 5. The summed E-state index contributed by atoms with van der Waals surface area (Å²) in [6, 6.07) is 14.1. The lowest BCUT2D eigenvalue weighted by molar-refractivity contribution is -0.129. The third-order valence-electron chi connectivity index (χ3n) is 5.77. The van der Waals surface area contributed by atoms with Gasteiger partial charge in [0.1, 0.15) is 5.75 Å². The van der Waals surface area contributed by atoms with Gasteiger partial charge in [0.05, 0.1) is 50.5 Å². The van der Waals surface area contributed by atoms with Crippen LogP contribution in [0.4, 0.5) is 5.69 Å². The number of carbonyl (C=O) groups excluding carboxylic acids is 1. The Bertz CT molecular complexity index is 1120. The molecule has 0 spiro atoms. The summed E-state index contributed by atoms with van der Waals surface area (Å²) in [6.07, 6.45) is 0.181. The van der Waals surface area contributed by atoms with Gasteiger partial charge >= 0.3 is 0 Å². The third-order valence-corrected chi connectivity index (χ3v) is 6.93. The van der Waals surface area contributed by atoms with E-state index >= 15 is 0 Å². The van der Waals surface area contributed by atoms with Crippen LogP contribution in [0.15, 0.2) is 47.0 Å². The number of nitriles is 1. The molecule has 0 radical (unpaired) electrons. The minimum atomic E-state index is -0.411. The lowest BCUT2D eigenvalue weighted by Crippen LogP contribution is -2.47. The zero-order chi connectivity index (χ0) is 22.8. The van der Waals surface area contributed by atoms with Gasteiger partial charge in [0.25, 0.3) is 0 Å². The molecule has 32 heavy (non-hydrogen) atoms. The van der Waals surface area contributed by atoms with E-state index in [0.717, 1.165) is 21.8 Å². The molecule has 0 bridgehead atoms. The number of aryl methyl sites for hydroxylation is 1. The van der Waals surface area contributed by atoms with E-state index in [1.807, 2.05) is 25.1 Å². The number of carbonyl (C=O) groups is 1. The second-order valence-corrected chi connectivity index (χ2v) is 8.59. The highest BCUT2D eigenvalue weighted by Gasteiger charge is 2.39. The maximum absolute atomic E-state index is 13.2. The number of anilines is 1. The van der Waals surface area contributed by atoms with Crippen molar-refractivity contribution in [3.05, 3.63) is 58.1 Å². The summed E-state index contributed by atoms with van der Waals surface area (Å²) in [6.45, 7) is 2.47. The highest BCUT2D eigenvalue weighted by molar-refractivity contribution is 8.03. The van der Waals surface area contributed by atoms with Gasteiger partial charge in [-0.15, -0.1) is 0 Å². The molecule has 8 heteroatoms. The van der Waals surface area contributed by atoms with E-state index in [0.29, 0.717) is 35.4 Å². The van der Waals surface area contributed by atoms with Crippen molar-refractivity contribution in [3.8, 4) is 23.3 Å². The zero-order valence-corrected chi connectivity index (χ0v) is 19.4. The molecule has 2 aliphatic heterocycles. The van der Waals surface area contributed by atoms with Crippen LogP contribution in [0.2, 0.25) is 0 Å². The number of fused-ring (bicyclic) bond motifs is 1. The molecule has 1 atom stereocenters. The van der Waals surface area contributed by atoms with Crippen molar-refractivity contribution in [1.29, 1.82) is 5.26 Å². The molecular weight excluding hydrogens is 426 g/mol. The molecule has 7 nitrogen and oxygen atoms in total. The Balaban J connectivity index is 1.73. The van der Waals surface area contributed by atoms with Crippen LogP contribution in [0.3, 0.4) is 0 Å². The smallest absolute Gasteiger partial charge is 0.229 e. The van der Waals surface area contributed by atoms with E-state index in [1.165, 1.54) is 11.8 Å². The summed E-state index contributed by atoms with van der Waals surface area (Å²) in [5, 5.41) is 10.8. The van der Waals surface area contributed by atoms with E-state index in [1.54, 1.807) is 38.4 Å². The quantitative estimate of drug-likeness (QED) is 0.673. The summed E-state index contributed by atoms with van der Waals surface area (Å²) >= 11 is 1.51. The molecule has 0 N–H and O–H groups in total. The van der Waals surface area contributed by atoms with Gasteiger partial charge in [-0.1, -0.05) is 23.9 Å². The molecule has 1 fully saturated rings. The first-order chi connectivity index (χ1) is 15.5. The van der Waals surface area contributed by atoms with E-state index < -0.39 is 5.92 Å². The van der Waals surface area contributed by atoms with Crippen molar-refractivity contribution < 1.29 is 19.0 Å². The van der Waals surface area contributed by atoms with Crippen molar-refractivity contribution in [3.63, 3.8) is 0 Å². The number of methoxy groups -OCH3 is 3. The first-order valence-electron chi connectivity index (χ1n) is 10.2. The second-order valence-electron chi connectivity index (χ2n) is 7.65. The van der Waals surface area contributed by atoms with E-state index in [4.69, 9.17) is 14.2 Å². The molecule has 0 unspecified atom stereocenters. The largest absolute Gasteiger partial charge is 0.496 e.